The molecule has 3 fully saturated rings. The second-order valence-corrected chi connectivity index (χ2v) is 10.1. The third kappa shape index (κ3) is 3.50. The lowest BCUT2D eigenvalue weighted by molar-refractivity contribution is -0.160. The van der Waals surface area contributed by atoms with E-state index >= 15 is 0 Å². The third-order valence-corrected chi connectivity index (χ3v) is 8.25. The van der Waals surface area contributed by atoms with E-state index in [1.165, 1.54) is 28.0 Å². The Morgan fingerprint density at radius 3 is 2.54 bits per heavy atom. The van der Waals surface area contributed by atoms with Gasteiger partial charge in [0, 0.05) is 32.7 Å². The Hall–Kier alpha value is -2.78. The van der Waals surface area contributed by atoms with Crippen LogP contribution in [0.5, 0.6) is 0 Å². The molecule has 8 nitrogen and oxygen atoms in total. The number of amides is 3. The number of hydrogen-bond donors (Lipinski definition) is 0. The highest BCUT2D eigenvalue weighted by atomic mass is 35.5. The highest BCUT2D eigenvalue weighted by molar-refractivity contribution is 6.44. The van der Waals surface area contributed by atoms with Crippen molar-refractivity contribution in [2.75, 3.05) is 26.8 Å². The first-order chi connectivity index (χ1) is 16.7. The molecule has 3 amide bonds. The minimum Gasteiger partial charge on any atom is -0.383 e. The van der Waals surface area contributed by atoms with Crippen molar-refractivity contribution in [3.63, 3.8) is 0 Å². The van der Waals surface area contributed by atoms with Crippen LogP contribution in [0.2, 0.25) is 5.02 Å². The lowest BCUT2D eigenvalue weighted by atomic mass is 9.74. The fraction of sp³-hybridized carbons (Fsp3) is 0.520. The predicted molar refractivity (Wildman–Crippen MR) is 123 cm³/mol. The number of halogens is 2. The second kappa shape index (κ2) is 8.71. The maximum Gasteiger partial charge on any atom is 0.297 e. The first-order valence-corrected chi connectivity index (χ1v) is 12.2. The van der Waals surface area contributed by atoms with Crippen LogP contribution in [0.1, 0.15) is 38.2 Å². The lowest BCUT2D eigenvalue weighted by Crippen LogP contribution is -2.63. The highest BCUT2D eigenvalue weighted by Crippen LogP contribution is 2.51. The molecule has 1 aromatic rings. The first kappa shape index (κ1) is 23.9. The maximum absolute atomic E-state index is 13.7. The van der Waals surface area contributed by atoms with Gasteiger partial charge in [0.25, 0.3) is 11.8 Å². The number of nitrogens with zero attached hydrogens (tertiary/aromatic N) is 3. The van der Waals surface area contributed by atoms with Crippen molar-refractivity contribution in [1.29, 1.82) is 0 Å². The molecule has 1 aliphatic carbocycles. The van der Waals surface area contributed by atoms with E-state index in [4.69, 9.17) is 16.3 Å². The Kier molecular flexibility index (Phi) is 5.96. The van der Waals surface area contributed by atoms with Crippen LogP contribution in [0.15, 0.2) is 29.5 Å². The van der Waals surface area contributed by atoms with E-state index in [0.717, 1.165) is 19.3 Å². The van der Waals surface area contributed by atoms with Crippen LogP contribution in [0, 0.1) is 17.7 Å². The zero-order valence-electron chi connectivity index (χ0n) is 19.7. The fourth-order valence-electron chi connectivity index (χ4n) is 5.85. The predicted octanol–water partition coefficient (Wildman–Crippen LogP) is 2.50. The van der Waals surface area contributed by atoms with Gasteiger partial charge in [-0.05, 0) is 49.5 Å². The molecule has 2 saturated heterocycles. The Labute approximate surface area is 207 Å². The number of methoxy groups -OCH3 is 1. The van der Waals surface area contributed by atoms with E-state index in [1.54, 1.807) is 12.0 Å². The summed E-state index contributed by atoms with van der Waals surface area (Å²) in [6.07, 6.45) is 2.99. The number of likely N-dealkylation sites (tertiary alicyclic amines) is 1. The number of ether oxygens (including phenoxy) is 1. The zero-order chi connectivity index (χ0) is 25.1. The van der Waals surface area contributed by atoms with Crippen LogP contribution in [0.3, 0.4) is 0 Å². The number of benzene rings is 1. The standard InChI is InChI=1S/C25H27ClFN3O5/c1-25(15-4-3-5-15)29(10-11-35-2)23(33)20-16-8-9-28(13-14-6-7-18(27)17(26)12-14)22(32)19(16)21(31)24(34)30(20)25/h6-7,12,15,19H,3-5,8-11,13H2,1-2H3. The van der Waals surface area contributed by atoms with Gasteiger partial charge in [0.15, 0.2) is 0 Å². The van der Waals surface area contributed by atoms with Crippen molar-refractivity contribution in [2.45, 2.75) is 44.8 Å². The summed E-state index contributed by atoms with van der Waals surface area (Å²) in [5, 5.41) is -0.0580. The molecular weight excluding hydrogens is 477 g/mol. The molecule has 0 spiro atoms. The summed E-state index contributed by atoms with van der Waals surface area (Å²) in [5.41, 5.74) is 0.252. The number of hydrogen-bond acceptors (Lipinski definition) is 5. The van der Waals surface area contributed by atoms with E-state index < -0.39 is 35.0 Å². The Morgan fingerprint density at radius 2 is 1.91 bits per heavy atom. The average molecular weight is 504 g/mol. The van der Waals surface area contributed by atoms with Crippen molar-refractivity contribution in [1.82, 2.24) is 14.7 Å². The van der Waals surface area contributed by atoms with Gasteiger partial charge in [-0.1, -0.05) is 24.1 Å². The number of ketones is 1. The van der Waals surface area contributed by atoms with E-state index in [1.807, 2.05) is 6.92 Å². The van der Waals surface area contributed by atoms with Crippen molar-refractivity contribution in [2.24, 2.45) is 11.8 Å². The number of piperidine rings is 1. The fourth-order valence-corrected chi connectivity index (χ4v) is 6.05. The molecule has 0 radical (unpaired) electrons. The van der Waals surface area contributed by atoms with Crippen molar-refractivity contribution >= 4 is 35.1 Å². The SMILES string of the molecule is COCCN1C(=O)C2=C3CCN(Cc4ccc(F)c(Cl)c4)C(=O)C3C(=O)C(=O)N2C1(C)C1CCC1. The van der Waals surface area contributed by atoms with Gasteiger partial charge in [0.2, 0.25) is 11.7 Å². The minimum absolute atomic E-state index is 0.0497. The zero-order valence-corrected chi connectivity index (χ0v) is 20.4. The average Bonchev–Trinajstić information content (AvgIpc) is 3.00. The third-order valence-electron chi connectivity index (χ3n) is 7.96. The van der Waals surface area contributed by atoms with Gasteiger partial charge < -0.3 is 14.5 Å². The second-order valence-electron chi connectivity index (χ2n) is 9.74. The molecule has 1 saturated carbocycles. The highest BCUT2D eigenvalue weighted by Gasteiger charge is 2.63. The van der Waals surface area contributed by atoms with Crippen molar-refractivity contribution < 1.29 is 28.3 Å². The Bertz CT molecular complexity index is 1170. The normalized spacial score (nSPS) is 27.0. The smallest absolute Gasteiger partial charge is 0.297 e. The van der Waals surface area contributed by atoms with Crippen LogP contribution in [0.25, 0.3) is 0 Å². The summed E-state index contributed by atoms with van der Waals surface area (Å²) >= 11 is 5.88. The molecule has 3 aliphatic heterocycles. The molecule has 4 aliphatic rings. The molecule has 0 N–H and O–H groups in total. The summed E-state index contributed by atoms with van der Waals surface area (Å²) in [7, 11) is 1.55. The Balaban J connectivity index is 1.52. The largest absolute Gasteiger partial charge is 0.383 e. The van der Waals surface area contributed by atoms with Crippen molar-refractivity contribution in [3.05, 3.63) is 45.9 Å². The lowest BCUT2D eigenvalue weighted by Gasteiger charge is -2.50. The monoisotopic (exact) mass is 503 g/mol. The molecular formula is C25H27ClFN3O5. The Morgan fingerprint density at radius 1 is 1.17 bits per heavy atom. The van der Waals surface area contributed by atoms with Gasteiger partial charge in [-0.15, -0.1) is 0 Å². The number of carbonyl (C=O) groups is 4. The molecule has 3 heterocycles. The van der Waals surface area contributed by atoms with Gasteiger partial charge in [-0.25, -0.2) is 4.39 Å². The van der Waals surface area contributed by atoms with E-state index in [-0.39, 0.29) is 42.2 Å². The summed E-state index contributed by atoms with van der Waals surface area (Å²) in [6.45, 7) is 2.82. The van der Waals surface area contributed by atoms with E-state index in [2.05, 4.69) is 0 Å². The summed E-state index contributed by atoms with van der Waals surface area (Å²) in [6, 6.07) is 4.18. The van der Waals surface area contributed by atoms with Gasteiger partial charge in [0.1, 0.15) is 23.1 Å². The molecule has 10 heteroatoms. The van der Waals surface area contributed by atoms with Crippen molar-refractivity contribution in [3.8, 4) is 0 Å². The summed E-state index contributed by atoms with van der Waals surface area (Å²) in [5.74, 6) is -4.29. The van der Waals surface area contributed by atoms with Crippen LogP contribution < -0.4 is 0 Å². The van der Waals surface area contributed by atoms with Gasteiger partial charge in [0.05, 0.1) is 11.6 Å². The topological polar surface area (TPSA) is 87.2 Å². The molecule has 186 valence electrons. The number of Topliss-reactive ketones (excluding diaryl/α,β-unsaturated/α-hetero) is 1. The molecule has 2 unspecified atom stereocenters. The summed E-state index contributed by atoms with van der Waals surface area (Å²) in [4.78, 5) is 58.5. The minimum atomic E-state index is -1.31. The van der Waals surface area contributed by atoms with E-state index in [9.17, 15) is 23.6 Å². The maximum atomic E-state index is 13.7. The van der Waals surface area contributed by atoms with Crippen LogP contribution in [-0.2, 0) is 30.5 Å². The molecule has 1 aromatic carbocycles. The van der Waals surface area contributed by atoms with Crippen LogP contribution >= 0.6 is 11.6 Å². The number of fused-ring (bicyclic) bond motifs is 2. The molecule has 0 bridgehead atoms. The van der Waals surface area contributed by atoms with Crippen LogP contribution in [0.4, 0.5) is 4.39 Å². The molecule has 35 heavy (non-hydrogen) atoms. The van der Waals surface area contributed by atoms with Gasteiger partial charge >= 0.3 is 0 Å². The number of carbonyl (C=O) groups excluding carboxylic acids is 4. The molecule has 2 atom stereocenters. The molecule has 0 aromatic heterocycles. The first-order valence-electron chi connectivity index (χ1n) is 11.8. The summed E-state index contributed by atoms with van der Waals surface area (Å²) < 4.78 is 18.8. The molecule has 5 rings (SSSR count). The van der Waals surface area contributed by atoms with E-state index in [0.29, 0.717) is 24.2 Å². The number of rotatable bonds is 6. The van der Waals surface area contributed by atoms with Crippen LogP contribution in [-0.4, -0.2) is 70.7 Å². The van der Waals surface area contributed by atoms with Gasteiger partial charge in [-0.2, -0.15) is 0 Å². The van der Waals surface area contributed by atoms with Gasteiger partial charge in [-0.3, -0.25) is 24.1 Å². The quantitative estimate of drug-likeness (QED) is 0.440.